The van der Waals surface area contributed by atoms with E-state index in [0.29, 0.717) is 11.7 Å². The maximum atomic E-state index is 13.0. The first-order valence-corrected chi connectivity index (χ1v) is 11.6. The SMILES string of the molecule is CC1=C(/C=C/C(C)=C/C=C/C(C)=C\C(=O)Nc2ccc(F)cc2)C(C)(C)CCC1n1ccnc1. The average molecular weight is 460 g/mol. The van der Waals surface area contributed by atoms with Crippen LogP contribution in [0.3, 0.4) is 0 Å². The van der Waals surface area contributed by atoms with Gasteiger partial charge in [0.1, 0.15) is 5.82 Å². The van der Waals surface area contributed by atoms with Crippen LogP contribution in [0.4, 0.5) is 10.1 Å². The zero-order valence-corrected chi connectivity index (χ0v) is 20.7. The maximum absolute atomic E-state index is 13.0. The van der Waals surface area contributed by atoms with Crippen LogP contribution < -0.4 is 5.32 Å². The fourth-order valence-electron chi connectivity index (χ4n) is 4.33. The molecule has 0 spiro atoms. The number of nitrogens with zero attached hydrogens (tertiary/aromatic N) is 2. The Labute approximate surface area is 202 Å². The Bertz CT molecular complexity index is 1150. The van der Waals surface area contributed by atoms with Crippen molar-refractivity contribution in [1.82, 2.24) is 9.55 Å². The molecule has 0 saturated heterocycles. The number of allylic oxidation sites excluding steroid dienone is 9. The zero-order valence-electron chi connectivity index (χ0n) is 20.7. The van der Waals surface area contributed by atoms with Gasteiger partial charge >= 0.3 is 0 Å². The Morgan fingerprint density at radius 3 is 2.59 bits per heavy atom. The van der Waals surface area contributed by atoms with E-state index in [1.165, 1.54) is 41.5 Å². The molecular formula is C29H34FN3O. The van der Waals surface area contributed by atoms with Gasteiger partial charge in [0.05, 0.1) is 12.4 Å². The molecule has 0 aliphatic heterocycles. The summed E-state index contributed by atoms with van der Waals surface area (Å²) >= 11 is 0. The van der Waals surface area contributed by atoms with Crippen molar-refractivity contribution in [1.29, 1.82) is 0 Å². The highest BCUT2D eigenvalue weighted by molar-refractivity contribution is 5.99. The third-order valence-corrected chi connectivity index (χ3v) is 6.28. The molecule has 1 aliphatic carbocycles. The number of hydrogen-bond acceptors (Lipinski definition) is 2. The summed E-state index contributed by atoms with van der Waals surface area (Å²) in [5, 5.41) is 2.73. The summed E-state index contributed by atoms with van der Waals surface area (Å²) in [4.78, 5) is 16.4. The van der Waals surface area contributed by atoms with E-state index in [9.17, 15) is 9.18 Å². The van der Waals surface area contributed by atoms with Crippen LogP contribution in [0, 0.1) is 11.2 Å². The number of imidazole rings is 1. The molecule has 1 aromatic heterocycles. The molecule has 4 nitrogen and oxygen atoms in total. The Kier molecular flexibility index (Phi) is 8.21. The second-order valence-electron chi connectivity index (χ2n) is 9.53. The number of carbonyl (C=O) groups excluding carboxylic acids is 1. The van der Waals surface area contributed by atoms with Crippen LogP contribution in [-0.4, -0.2) is 15.5 Å². The molecule has 0 radical (unpaired) electrons. The number of hydrogen-bond donors (Lipinski definition) is 1. The van der Waals surface area contributed by atoms with Gasteiger partial charge in [-0.25, -0.2) is 9.37 Å². The van der Waals surface area contributed by atoms with E-state index in [1.807, 2.05) is 43.9 Å². The van der Waals surface area contributed by atoms with Crippen molar-refractivity contribution in [2.45, 2.75) is 53.5 Å². The lowest BCUT2D eigenvalue weighted by Crippen LogP contribution is -2.25. The number of carbonyl (C=O) groups is 1. The Morgan fingerprint density at radius 1 is 1.18 bits per heavy atom. The van der Waals surface area contributed by atoms with Gasteiger partial charge in [-0.15, -0.1) is 0 Å². The van der Waals surface area contributed by atoms with Crippen molar-refractivity contribution in [2.24, 2.45) is 5.41 Å². The molecule has 0 saturated carbocycles. The number of anilines is 1. The van der Waals surface area contributed by atoms with E-state index in [0.717, 1.165) is 24.0 Å². The lowest BCUT2D eigenvalue weighted by Gasteiger charge is -2.37. The number of rotatable bonds is 7. The van der Waals surface area contributed by atoms with Gasteiger partial charge in [0.25, 0.3) is 0 Å². The van der Waals surface area contributed by atoms with Gasteiger partial charge in [-0.05, 0) is 80.0 Å². The number of benzene rings is 1. The molecule has 0 bridgehead atoms. The van der Waals surface area contributed by atoms with Gasteiger partial charge in [0.15, 0.2) is 0 Å². The minimum atomic E-state index is -0.333. The minimum Gasteiger partial charge on any atom is -0.330 e. The monoisotopic (exact) mass is 459 g/mol. The summed E-state index contributed by atoms with van der Waals surface area (Å²) in [6, 6.07) is 6.06. The largest absolute Gasteiger partial charge is 0.330 e. The first-order valence-electron chi connectivity index (χ1n) is 11.6. The van der Waals surface area contributed by atoms with Gasteiger partial charge in [-0.2, -0.15) is 0 Å². The average Bonchev–Trinajstić information content (AvgIpc) is 3.29. The Balaban J connectivity index is 1.65. The van der Waals surface area contributed by atoms with E-state index in [-0.39, 0.29) is 17.1 Å². The minimum absolute atomic E-state index is 0.130. The molecule has 5 heteroatoms. The maximum Gasteiger partial charge on any atom is 0.248 e. The first-order chi connectivity index (χ1) is 16.2. The molecule has 1 amide bonds. The normalized spacial score (nSPS) is 19.3. The molecule has 0 fully saturated rings. The molecular weight excluding hydrogens is 425 g/mol. The molecule has 1 aromatic carbocycles. The Morgan fingerprint density at radius 2 is 1.91 bits per heavy atom. The predicted molar refractivity (Wildman–Crippen MR) is 138 cm³/mol. The summed E-state index contributed by atoms with van der Waals surface area (Å²) in [5.41, 5.74) is 5.40. The number of aromatic nitrogens is 2. The highest BCUT2D eigenvalue weighted by atomic mass is 19.1. The first kappa shape index (κ1) is 25.2. The highest BCUT2D eigenvalue weighted by Crippen LogP contribution is 2.45. The molecule has 1 heterocycles. The summed E-state index contributed by atoms with van der Waals surface area (Å²) in [7, 11) is 0. The molecule has 1 unspecified atom stereocenters. The molecule has 1 N–H and O–H groups in total. The lowest BCUT2D eigenvalue weighted by atomic mass is 9.71. The predicted octanol–water partition coefficient (Wildman–Crippen LogP) is 7.34. The summed E-state index contributed by atoms with van der Waals surface area (Å²) in [6.45, 7) is 10.8. The zero-order chi connectivity index (χ0) is 24.7. The van der Waals surface area contributed by atoms with Crippen molar-refractivity contribution in [2.75, 3.05) is 5.32 Å². The van der Waals surface area contributed by atoms with Crippen LogP contribution in [0.2, 0.25) is 0 Å². The van der Waals surface area contributed by atoms with Gasteiger partial charge in [-0.1, -0.05) is 49.8 Å². The molecule has 1 aliphatic rings. The fraction of sp³-hybridized carbons (Fsp3) is 0.310. The summed E-state index contributed by atoms with van der Waals surface area (Å²) in [6.07, 6.45) is 19.8. The van der Waals surface area contributed by atoms with E-state index >= 15 is 0 Å². The lowest BCUT2D eigenvalue weighted by molar-refractivity contribution is -0.111. The van der Waals surface area contributed by atoms with Gasteiger partial charge < -0.3 is 9.88 Å². The van der Waals surface area contributed by atoms with Crippen LogP contribution >= 0.6 is 0 Å². The smallest absolute Gasteiger partial charge is 0.248 e. The quantitative estimate of drug-likeness (QED) is 0.348. The fourth-order valence-corrected chi connectivity index (χ4v) is 4.33. The molecule has 34 heavy (non-hydrogen) atoms. The van der Waals surface area contributed by atoms with Crippen LogP contribution in [0.25, 0.3) is 0 Å². The second kappa shape index (κ2) is 11.1. The molecule has 1 atom stereocenters. The second-order valence-corrected chi connectivity index (χ2v) is 9.53. The number of halogens is 1. The van der Waals surface area contributed by atoms with E-state index in [1.54, 1.807) is 0 Å². The van der Waals surface area contributed by atoms with Crippen LogP contribution in [0.15, 0.2) is 102 Å². The van der Waals surface area contributed by atoms with E-state index in [2.05, 4.69) is 54.7 Å². The van der Waals surface area contributed by atoms with Crippen molar-refractivity contribution >= 4 is 11.6 Å². The Hall–Kier alpha value is -3.47. The summed E-state index contributed by atoms with van der Waals surface area (Å²) in [5.74, 6) is -0.580. The van der Waals surface area contributed by atoms with Crippen molar-refractivity contribution in [3.8, 4) is 0 Å². The number of nitrogens with one attached hydrogen (secondary N) is 1. The van der Waals surface area contributed by atoms with Crippen molar-refractivity contribution in [3.05, 3.63) is 108 Å². The van der Waals surface area contributed by atoms with Crippen LogP contribution in [0.1, 0.15) is 53.5 Å². The number of amides is 1. The topological polar surface area (TPSA) is 46.9 Å². The molecule has 2 aromatic rings. The standard InChI is InChI=1S/C29H34FN3O/c1-21(7-6-8-22(2)19-28(34)32-25-12-10-24(30)11-13-25)9-14-26-23(3)27(15-16-29(26,4)5)33-18-17-31-20-33/h6-14,17-20,27H,15-16H2,1-5H3,(H,32,34)/b8-6+,14-9+,21-7+,22-19-. The van der Waals surface area contributed by atoms with Crippen LogP contribution in [0.5, 0.6) is 0 Å². The van der Waals surface area contributed by atoms with Gasteiger partial charge in [0, 0.05) is 24.2 Å². The van der Waals surface area contributed by atoms with E-state index < -0.39 is 0 Å². The van der Waals surface area contributed by atoms with Crippen LogP contribution in [-0.2, 0) is 4.79 Å². The van der Waals surface area contributed by atoms with E-state index in [4.69, 9.17) is 0 Å². The van der Waals surface area contributed by atoms with Gasteiger partial charge in [0.2, 0.25) is 5.91 Å². The van der Waals surface area contributed by atoms with Crippen molar-refractivity contribution in [3.63, 3.8) is 0 Å². The molecule has 3 rings (SSSR count). The van der Waals surface area contributed by atoms with Gasteiger partial charge in [-0.3, -0.25) is 4.79 Å². The molecule has 178 valence electrons. The third kappa shape index (κ3) is 6.77. The summed E-state index contributed by atoms with van der Waals surface area (Å²) < 4.78 is 15.2. The van der Waals surface area contributed by atoms with Crippen molar-refractivity contribution < 1.29 is 9.18 Å². The highest BCUT2D eigenvalue weighted by Gasteiger charge is 2.32. The third-order valence-electron chi connectivity index (χ3n) is 6.28.